The first kappa shape index (κ1) is 25.5. The number of carbonyl (C=O) groups excluding carboxylic acids is 3. The molecule has 3 aromatic rings. The van der Waals surface area contributed by atoms with Gasteiger partial charge in [-0.15, -0.1) is 0 Å². The second kappa shape index (κ2) is 11.5. The van der Waals surface area contributed by atoms with Gasteiger partial charge in [0.1, 0.15) is 12.4 Å². The molecule has 9 heteroatoms. The lowest BCUT2D eigenvalue weighted by atomic mass is 10.1. The van der Waals surface area contributed by atoms with E-state index in [2.05, 4.69) is 15.9 Å². The highest BCUT2D eigenvalue weighted by molar-refractivity contribution is 9.10. The number of rotatable bonds is 8. The van der Waals surface area contributed by atoms with E-state index in [0.717, 1.165) is 26.7 Å². The van der Waals surface area contributed by atoms with Crippen LogP contribution in [0.25, 0.3) is 6.08 Å². The molecule has 2 amide bonds. The Morgan fingerprint density at radius 2 is 1.83 bits per heavy atom. The molecule has 0 aromatic heterocycles. The van der Waals surface area contributed by atoms with Crippen molar-refractivity contribution in [3.63, 3.8) is 0 Å². The molecule has 0 N–H and O–H groups in total. The molecular formula is C27H22BrNO6S. The van der Waals surface area contributed by atoms with E-state index in [0.29, 0.717) is 22.6 Å². The van der Waals surface area contributed by atoms with E-state index in [1.54, 1.807) is 42.5 Å². The number of benzene rings is 3. The molecule has 3 aromatic carbocycles. The first-order valence-corrected chi connectivity index (χ1v) is 12.6. The maximum atomic E-state index is 12.8. The number of hydrogen-bond acceptors (Lipinski definition) is 7. The topological polar surface area (TPSA) is 82.1 Å². The molecule has 184 valence electrons. The monoisotopic (exact) mass is 567 g/mol. The van der Waals surface area contributed by atoms with Gasteiger partial charge in [0.2, 0.25) is 0 Å². The van der Waals surface area contributed by atoms with Crippen LogP contribution in [0.4, 0.5) is 4.79 Å². The fourth-order valence-corrected chi connectivity index (χ4v) is 4.70. The fourth-order valence-electron chi connectivity index (χ4n) is 3.44. The number of carbonyl (C=O) groups is 3. The second-order valence-corrected chi connectivity index (χ2v) is 9.72. The highest BCUT2D eigenvalue weighted by Crippen LogP contribution is 2.35. The number of nitrogens with zero attached hydrogens (tertiary/aromatic N) is 1. The number of amides is 2. The summed E-state index contributed by atoms with van der Waals surface area (Å²) in [5.74, 6) is 0.322. The molecule has 0 saturated carbocycles. The third-order valence-corrected chi connectivity index (χ3v) is 6.60. The van der Waals surface area contributed by atoms with Crippen molar-refractivity contribution < 1.29 is 28.6 Å². The summed E-state index contributed by atoms with van der Waals surface area (Å²) in [5, 5.41) is -0.356. The summed E-state index contributed by atoms with van der Waals surface area (Å²) in [7, 11) is 1.46. The molecule has 1 aliphatic rings. The number of ether oxygens (including phenoxy) is 3. The SMILES string of the molecule is COc1cc(/C=C2\SC(=O)N(CCOc3cccc(C)c3)C2=O)ccc1OC(=O)c1cccc(Br)c1. The molecule has 1 heterocycles. The van der Waals surface area contributed by atoms with Crippen LogP contribution in [0.3, 0.4) is 0 Å². The van der Waals surface area contributed by atoms with E-state index in [4.69, 9.17) is 14.2 Å². The lowest BCUT2D eigenvalue weighted by Crippen LogP contribution is -2.32. The van der Waals surface area contributed by atoms with Crippen molar-refractivity contribution in [2.45, 2.75) is 6.92 Å². The first-order valence-electron chi connectivity index (χ1n) is 10.9. The van der Waals surface area contributed by atoms with E-state index in [9.17, 15) is 14.4 Å². The van der Waals surface area contributed by atoms with Crippen molar-refractivity contribution in [1.29, 1.82) is 0 Å². The zero-order chi connectivity index (χ0) is 25.7. The Morgan fingerprint density at radius 3 is 2.58 bits per heavy atom. The molecule has 7 nitrogen and oxygen atoms in total. The second-order valence-electron chi connectivity index (χ2n) is 7.81. The van der Waals surface area contributed by atoms with Crippen molar-refractivity contribution in [2.24, 2.45) is 0 Å². The zero-order valence-electron chi connectivity index (χ0n) is 19.5. The molecule has 0 atom stereocenters. The third kappa shape index (κ3) is 6.16. The highest BCUT2D eigenvalue weighted by Gasteiger charge is 2.34. The van der Waals surface area contributed by atoms with Gasteiger partial charge in [0.25, 0.3) is 11.1 Å². The Labute approximate surface area is 221 Å². The minimum atomic E-state index is -0.531. The summed E-state index contributed by atoms with van der Waals surface area (Å²) >= 11 is 4.20. The van der Waals surface area contributed by atoms with Gasteiger partial charge in [0.05, 0.1) is 24.1 Å². The Hall–Kier alpha value is -3.56. The lowest BCUT2D eigenvalue weighted by molar-refractivity contribution is -0.123. The van der Waals surface area contributed by atoms with Crippen LogP contribution >= 0.6 is 27.7 Å². The predicted molar refractivity (Wildman–Crippen MR) is 141 cm³/mol. The normalized spacial score (nSPS) is 14.3. The van der Waals surface area contributed by atoms with E-state index in [-0.39, 0.29) is 35.0 Å². The molecule has 36 heavy (non-hydrogen) atoms. The van der Waals surface area contributed by atoms with E-state index in [1.165, 1.54) is 7.11 Å². The average molecular weight is 568 g/mol. The summed E-state index contributed by atoms with van der Waals surface area (Å²) in [6, 6.07) is 19.3. The molecule has 4 rings (SSSR count). The summed E-state index contributed by atoms with van der Waals surface area (Å²) in [6.07, 6.45) is 1.61. The van der Waals surface area contributed by atoms with E-state index in [1.807, 2.05) is 37.3 Å². The smallest absolute Gasteiger partial charge is 0.343 e. The molecular weight excluding hydrogens is 546 g/mol. The number of imide groups is 1. The first-order chi connectivity index (χ1) is 17.3. The van der Waals surface area contributed by atoms with Gasteiger partial charge in [-0.3, -0.25) is 14.5 Å². The predicted octanol–water partition coefficient (Wildman–Crippen LogP) is 6.10. The zero-order valence-corrected chi connectivity index (χ0v) is 21.9. The van der Waals surface area contributed by atoms with Crippen LogP contribution < -0.4 is 14.2 Å². The van der Waals surface area contributed by atoms with Gasteiger partial charge in [-0.1, -0.05) is 40.2 Å². The number of methoxy groups -OCH3 is 1. The maximum Gasteiger partial charge on any atom is 0.343 e. The number of aryl methyl sites for hydroxylation is 1. The molecule has 1 saturated heterocycles. The summed E-state index contributed by atoms with van der Waals surface area (Å²) < 4.78 is 17.3. The van der Waals surface area contributed by atoms with E-state index < -0.39 is 5.97 Å². The molecule has 0 radical (unpaired) electrons. The fraction of sp³-hybridized carbons (Fsp3) is 0.148. The van der Waals surface area contributed by atoms with Gasteiger partial charge in [0, 0.05) is 4.47 Å². The Morgan fingerprint density at radius 1 is 1.03 bits per heavy atom. The van der Waals surface area contributed by atoms with Crippen molar-refractivity contribution in [1.82, 2.24) is 4.90 Å². The van der Waals surface area contributed by atoms with Crippen LogP contribution in [0.1, 0.15) is 21.5 Å². The van der Waals surface area contributed by atoms with Crippen molar-refractivity contribution in [3.8, 4) is 17.2 Å². The molecule has 1 aliphatic heterocycles. The van der Waals surface area contributed by atoms with Gasteiger partial charge in [-0.05, 0) is 78.4 Å². The third-order valence-electron chi connectivity index (χ3n) is 5.20. The quantitative estimate of drug-likeness (QED) is 0.185. The maximum absolute atomic E-state index is 12.8. The Bertz CT molecular complexity index is 1360. The van der Waals surface area contributed by atoms with Gasteiger partial charge >= 0.3 is 5.97 Å². The molecule has 0 spiro atoms. The van der Waals surface area contributed by atoms with Gasteiger partial charge in [-0.25, -0.2) is 4.79 Å². The minimum absolute atomic E-state index is 0.143. The number of hydrogen-bond donors (Lipinski definition) is 0. The van der Waals surface area contributed by atoms with Crippen LogP contribution in [-0.2, 0) is 4.79 Å². The Balaban J connectivity index is 1.43. The highest BCUT2D eigenvalue weighted by atomic mass is 79.9. The van der Waals surface area contributed by atoms with E-state index >= 15 is 0 Å². The molecule has 0 aliphatic carbocycles. The Kier molecular flexibility index (Phi) is 8.12. The number of esters is 1. The molecule has 0 bridgehead atoms. The molecule has 1 fully saturated rings. The number of thioether (sulfide) groups is 1. The van der Waals surface area contributed by atoms with Crippen LogP contribution in [-0.4, -0.2) is 42.3 Å². The summed E-state index contributed by atoms with van der Waals surface area (Å²) in [5.41, 5.74) is 2.07. The van der Waals surface area contributed by atoms with Gasteiger partial charge in [-0.2, -0.15) is 0 Å². The van der Waals surface area contributed by atoms with Crippen LogP contribution in [0.2, 0.25) is 0 Å². The largest absolute Gasteiger partial charge is 0.493 e. The van der Waals surface area contributed by atoms with Gasteiger partial charge in [0.15, 0.2) is 11.5 Å². The molecule has 0 unspecified atom stereocenters. The summed E-state index contributed by atoms with van der Waals surface area (Å²) in [4.78, 5) is 39.2. The van der Waals surface area contributed by atoms with Crippen molar-refractivity contribution >= 4 is 50.9 Å². The van der Waals surface area contributed by atoms with Crippen molar-refractivity contribution in [3.05, 3.63) is 92.8 Å². The summed E-state index contributed by atoms with van der Waals surface area (Å²) in [6.45, 7) is 2.30. The number of halogens is 1. The van der Waals surface area contributed by atoms with Crippen LogP contribution in [0, 0.1) is 6.92 Å². The van der Waals surface area contributed by atoms with Crippen LogP contribution in [0.5, 0.6) is 17.2 Å². The van der Waals surface area contributed by atoms with Gasteiger partial charge < -0.3 is 14.2 Å². The lowest BCUT2D eigenvalue weighted by Gasteiger charge is -2.13. The van der Waals surface area contributed by atoms with Crippen LogP contribution in [0.15, 0.2) is 76.1 Å². The minimum Gasteiger partial charge on any atom is -0.493 e. The average Bonchev–Trinajstić information content (AvgIpc) is 3.12. The standard InChI is InChI=1S/C27H22BrNO6S/c1-17-5-3-8-21(13-17)34-12-11-29-25(30)24(36-27(29)32)15-18-9-10-22(23(14-18)33-2)35-26(31)19-6-4-7-20(28)16-19/h3-10,13-16H,11-12H2,1-2H3/b24-15-. The van der Waals surface area contributed by atoms with Crippen molar-refractivity contribution in [2.75, 3.05) is 20.3 Å².